The van der Waals surface area contributed by atoms with Gasteiger partial charge in [0.05, 0.1) is 5.56 Å². The summed E-state index contributed by atoms with van der Waals surface area (Å²) >= 11 is 0. The van der Waals surface area contributed by atoms with Gasteiger partial charge in [0.15, 0.2) is 0 Å². The number of nitrogens with one attached hydrogen (secondary N) is 1. The van der Waals surface area contributed by atoms with Gasteiger partial charge in [-0.05, 0) is 31.0 Å². The molecule has 0 aliphatic heterocycles. The van der Waals surface area contributed by atoms with Gasteiger partial charge in [-0.15, -0.1) is 0 Å². The second kappa shape index (κ2) is 7.68. The summed E-state index contributed by atoms with van der Waals surface area (Å²) in [6, 6.07) is 6.81. The van der Waals surface area contributed by atoms with Crippen LogP contribution in [0.2, 0.25) is 0 Å². The summed E-state index contributed by atoms with van der Waals surface area (Å²) in [6.07, 6.45) is 1.95. The zero-order chi connectivity index (χ0) is 12.5. The first-order valence-electron chi connectivity index (χ1n) is 5.89. The number of carboxylic acids is 1. The standard InChI is InChI=1S/C13H19NO3/c1-2-8-17-9-4-7-14-12-6-3-5-11(10-12)13(15)16/h3,5-6,10,14H,2,4,7-9H2,1H3,(H,15,16). The molecule has 17 heavy (non-hydrogen) atoms. The van der Waals surface area contributed by atoms with Crippen LogP contribution in [-0.2, 0) is 4.74 Å². The maximum atomic E-state index is 10.8. The Hall–Kier alpha value is -1.55. The van der Waals surface area contributed by atoms with Crippen LogP contribution < -0.4 is 5.32 Å². The van der Waals surface area contributed by atoms with Crippen LogP contribution in [0.3, 0.4) is 0 Å². The Kier molecular flexibility index (Phi) is 6.10. The minimum absolute atomic E-state index is 0.303. The van der Waals surface area contributed by atoms with Crippen molar-refractivity contribution in [3.05, 3.63) is 29.8 Å². The molecule has 0 aliphatic carbocycles. The van der Waals surface area contributed by atoms with E-state index in [4.69, 9.17) is 9.84 Å². The van der Waals surface area contributed by atoms with Crippen molar-refractivity contribution in [1.82, 2.24) is 0 Å². The number of hydrogen-bond acceptors (Lipinski definition) is 3. The molecule has 0 saturated heterocycles. The summed E-state index contributed by atoms with van der Waals surface area (Å²) < 4.78 is 5.35. The van der Waals surface area contributed by atoms with Crippen LogP contribution in [0.25, 0.3) is 0 Å². The third-order valence-corrected chi connectivity index (χ3v) is 2.25. The maximum Gasteiger partial charge on any atom is 0.335 e. The van der Waals surface area contributed by atoms with Crippen LogP contribution in [-0.4, -0.2) is 30.8 Å². The molecule has 1 aromatic rings. The van der Waals surface area contributed by atoms with Crippen LogP contribution in [0.4, 0.5) is 5.69 Å². The normalized spacial score (nSPS) is 10.2. The van der Waals surface area contributed by atoms with Crippen LogP contribution in [0.15, 0.2) is 24.3 Å². The molecule has 0 aliphatic rings. The Morgan fingerprint density at radius 3 is 2.94 bits per heavy atom. The van der Waals surface area contributed by atoms with Crippen molar-refractivity contribution in [1.29, 1.82) is 0 Å². The minimum atomic E-state index is -0.903. The largest absolute Gasteiger partial charge is 0.478 e. The van der Waals surface area contributed by atoms with Gasteiger partial charge in [-0.3, -0.25) is 0 Å². The van der Waals surface area contributed by atoms with E-state index in [9.17, 15) is 4.79 Å². The van der Waals surface area contributed by atoms with E-state index < -0.39 is 5.97 Å². The van der Waals surface area contributed by atoms with Gasteiger partial charge in [-0.2, -0.15) is 0 Å². The molecule has 0 fully saturated rings. The molecule has 0 saturated carbocycles. The van der Waals surface area contributed by atoms with Gasteiger partial charge < -0.3 is 15.2 Å². The van der Waals surface area contributed by atoms with Crippen molar-refractivity contribution < 1.29 is 14.6 Å². The fraction of sp³-hybridized carbons (Fsp3) is 0.462. The molecule has 0 spiro atoms. The van der Waals surface area contributed by atoms with Crippen molar-refractivity contribution in [3.8, 4) is 0 Å². The van der Waals surface area contributed by atoms with E-state index in [0.717, 1.165) is 38.3 Å². The predicted molar refractivity (Wildman–Crippen MR) is 67.6 cm³/mol. The molecule has 1 aromatic carbocycles. The second-order valence-electron chi connectivity index (χ2n) is 3.78. The average Bonchev–Trinajstić information content (AvgIpc) is 2.34. The number of ether oxygens (including phenoxy) is 1. The van der Waals surface area contributed by atoms with E-state index in [2.05, 4.69) is 12.2 Å². The summed E-state index contributed by atoms with van der Waals surface area (Å²) in [5.41, 5.74) is 1.14. The van der Waals surface area contributed by atoms with Gasteiger partial charge in [0, 0.05) is 25.4 Å². The van der Waals surface area contributed by atoms with Gasteiger partial charge in [0.2, 0.25) is 0 Å². The lowest BCUT2D eigenvalue weighted by Gasteiger charge is -2.07. The molecule has 94 valence electrons. The van der Waals surface area contributed by atoms with Crippen molar-refractivity contribution in [3.63, 3.8) is 0 Å². The molecule has 4 heteroatoms. The molecule has 1 rings (SSSR count). The van der Waals surface area contributed by atoms with Crippen LogP contribution in [0, 0.1) is 0 Å². The number of hydrogen-bond donors (Lipinski definition) is 2. The highest BCUT2D eigenvalue weighted by Gasteiger charge is 2.02. The summed E-state index contributed by atoms with van der Waals surface area (Å²) in [5, 5.41) is 12.0. The zero-order valence-corrected chi connectivity index (χ0v) is 10.1. The molecule has 2 N–H and O–H groups in total. The van der Waals surface area contributed by atoms with Gasteiger partial charge in [0.25, 0.3) is 0 Å². The van der Waals surface area contributed by atoms with Gasteiger partial charge in [-0.25, -0.2) is 4.79 Å². The zero-order valence-electron chi connectivity index (χ0n) is 10.1. The summed E-state index contributed by atoms with van der Waals surface area (Å²) in [6.45, 7) is 4.40. The third kappa shape index (κ3) is 5.36. The fourth-order valence-electron chi connectivity index (χ4n) is 1.42. The average molecular weight is 237 g/mol. The minimum Gasteiger partial charge on any atom is -0.478 e. The first-order valence-corrected chi connectivity index (χ1v) is 5.89. The molecule has 0 bridgehead atoms. The molecule has 0 heterocycles. The van der Waals surface area contributed by atoms with Crippen molar-refractivity contribution >= 4 is 11.7 Å². The van der Waals surface area contributed by atoms with E-state index in [1.807, 2.05) is 6.07 Å². The summed E-state index contributed by atoms with van der Waals surface area (Å²) in [7, 11) is 0. The van der Waals surface area contributed by atoms with Crippen molar-refractivity contribution in [2.75, 3.05) is 25.1 Å². The number of benzene rings is 1. The molecule has 0 amide bonds. The maximum absolute atomic E-state index is 10.8. The smallest absolute Gasteiger partial charge is 0.335 e. The highest BCUT2D eigenvalue weighted by atomic mass is 16.5. The third-order valence-electron chi connectivity index (χ3n) is 2.25. The van der Waals surface area contributed by atoms with Crippen molar-refractivity contribution in [2.24, 2.45) is 0 Å². The Morgan fingerprint density at radius 2 is 2.24 bits per heavy atom. The SMILES string of the molecule is CCCOCCCNc1cccc(C(=O)O)c1. The van der Waals surface area contributed by atoms with E-state index in [-0.39, 0.29) is 0 Å². The lowest BCUT2D eigenvalue weighted by Crippen LogP contribution is -2.07. The van der Waals surface area contributed by atoms with E-state index in [1.165, 1.54) is 0 Å². The predicted octanol–water partition coefficient (Wildman–Crippen LogP) is 2.61. The quantitative estimate of drug-likeness (QED) is 0.682. The Balaban J connectivity index is 2.27. The molecule has 0 radical (unpaired) electrons. The van der Waals surface area contributed by atoms with E-state index >= 15 is 0 Å². The first kappa shape index (κ1) is 13.5. The van der Waals surface area contributed by atoms with Gasteiger partial charge in [0.1, 0.15) is 0 Å². The number of anilines is 1. The van der Waals surface area contributed by atoms with Crippen LogP contribution in [0.5, 0.6) is 0 Å². The molecule has 4 nitrogen and oxygen atoms in total. The Morgan fingerprint density at radius 1 is 1.41 bits per heavy atom. The highest BCUT2D eigenvalue weighted by Crippen LogP contribution is 2.10. The summed E-state index contributed by atoms with van der Waals surface area (Å²) in [5.74, 6) is -0.903. The monoisotopic (exact) mass is 237 g/mol. The van der Waals surface area contributed by atoms with Gasteiger partial charge >= 0.3 is 5.97 Å². The molecule has 0 atom stereocenters. The second-order valence-corrected chi connectivity index (χ2v) is 3.78. The molecule has 0 aromatic heterocycles. The topological polar surface area (TPSA) is 58.6 Å². The van der Waals surface area contributed by atoms with Crippen molar-refractivity contribution in [2.45, 2.75) is 19.8 Å². The number of carboxylic acid groups (broad SMARTS) is 1. The number of carbonyl (C=O) groups is 1. The van der Waals surface area contributed by atoms with E-state index in [0.29, 0.717) is 5.56 Å². The fourth-order valence-corrected chi connectivity index (χ4v) is 1.42. The lowest BCUT2D eigenvalue weighted by atomic mass is 10.2. The Bertz CT molecular complexity index is 352. The first-order chi connectivity index (χ1) is 8.24. The lowest BCUT2D eigenvalue weighted by molar-refractivity contribution is 0.0697. The molecular weight excluding hydrogens is 218 g/mol. The van der Waals surface area contributed by atoms with Crippen LogP contribution in [0.1, 0.15) is 30.1 Å². The molecule has 0 unspecified atom stereocenters. The van der Waals surface area contributed by atoms with Crippen LogP contribution >= 0.6 is 0 Å². The number of rotatable bonds is 8. The Labute approximate surface area is 102 Å². The highest BCUT2D eigenvalue weighted by molar-refractivity contribution is 5.88. The van der Waals surface area contributed by atoms with E-state index in [1.54, 1.807) is 18.2 Å². The molecular formula is C13H19NO3. The van der Waals surface area contributed by atoms with Gasteiger partial charge in [-0.1, -0.05) is 13.0 Å². The summed E-state index contributed by atoms with van der Waals surface area (Å²) in [4.78, 5) is 10.8. The number of aromatic carboxylic acids is 1.